The summed E-state index contributed by atoms with van der Waals surface area (Å²) >= 11 is 0. The second-order valence-electron chi connectivity index (χ2n) is 5.49. The van der Waals surface area contributed by atoms with E-state index in [1.54, 1.807) is 6.26 Å². The zero-order valence-electron chi connectivity index (χ0n) is 13.3. The van der Waals surface area contributed by atoms with E-state index in [9.17, 15) is 0 Å². The molecule has 20 heavy (non-hydrogen) atoms. The Labute approximate surface area is 122 Å². The Bertz CT molecular complexity index is 385. The van der Waals surface area contributed by atoms with E-state index in [1.807, 2.05) is 26.2 Å². The van der Waals surface area contributed by atoms with Gasteiger partial charge in [-0.05, 0) is 39.1 Å². The van der Waals surface area contributed by atoms with Crippen LogP contribution >= 0.6 is 0 Å². The fraction of sp³-hybridized carbons (Fsp3) is 0.667. The van der Waals surface area contributed by atoms with Gasteiger partial charge in [-0.3, -0.25) is 9.89 Å². The fourth-order valence-corrected chi connectivity index (χ4v) is 1.83. The van der Waals surface area contributed by atoms with Crippen LogP contribution in [0.1, 0.15) is 32.6 Å². The van der Waals surface area contributed by atoms with Crippen LogP contribution in [0.4, 0.5) is 0 Å². The lowest BCUT2D eigenvalue weighted by Gasteiger charge is -2.23. The van der Waals surface area contributed by atoms with Crippen molar-refractivity contribution in [2.45, 2.75) is 26.8 Å². The Balaban J connectivity index is 2.61. The van der Waals surface area contributed by atoms with Crippen LogP contribution in [-0.2, 0) is 0 Å². The SMILES string of the molecule is CCNC(=NCC(C)C)NCC(c1ccco1)N(C)C. The molecule has 0 fully saturated rings. The maximum Gasteiger partial charge on any atom is 0.191 e. The third-order valence-corrected chi connectivity index (χ3v) is 2.92. The van der Waals surface area contributed by atoms with E-state index in [1.165, 1.54) is 0 Å². The average Bonchev–Trinajstić information content (AvgIpc) is 2.89. The van der Waals surface area contributed by atoms with Crippen molar-refractivity contribution in [2.75, 3.05) is 33.7 Å². The predicted octanol–water partition coefficient (Wildman–Crippen LogP) is 2.09. The van der Waals surface area contributed by atoms with Gasteiger partial charge in [-0.1, -0.05) is 13.8 Å². The van der Waals surface area contributed by atoms with Gasteiger partial charge in [0.1, 0.15) is 5.76 Å². The molecule has 1 aromatic heterocycles. The van der Waals surface area contributed by atoms with E-state index >= 15 is 0 Å². The molecule has 0 aliphatic rings. The molecule has 0 aliphatic heterocycles. The van der Waals surface area contributed by atoms with Crippen molar-refractivity contribution in [3.63, 3.8) is 0 Å². The Morgan fingerprint density at radius 3 is 2.60 bits per heavy atom. The molecule has 0 saturated carbocycles. The van der Waals surface area contributed by atoms with Crippen LogP contribution in [0.2, 0.25) is 0 Å². The van der Waals surface area contributed by atoms with Crippen molar-refractivity contribution < 1.29 is 4.42 Å². The molecule has 1 heterocycles. The molecule has 5 heteroatoms. The minimum atomic E-state index is 0.188. The van der Waals surface area contributed by atoms with E-state index in [0.717, 1.165) is 31.4 Å². The van der Waals surface area contributed by atoms with Crippen LogP contribution in [0.25, 0.3) is 0 Å². The first-order valence-corrected chi connectivity index (χ1v) is 7.26. The lowest BCUT2D eigenvalue weighted by molar-refractivity contribution is 0.258. The first-order chi connectivity index (χ1) is 9.54. The van der Waals surface area contributed by atoms with Gasteiger partial charge in [-0.15, -0.1) is 0 Å². The number of likely N-dealkylation sites (N-methyl/N-ethyl adjacent to an activating group) is 1. The van der Waals surface area contributed by atoms with Crippen LogP contribution in [0.15, 0.2) is 27.8 Å². The van der Waals surface area contributed by atoms with Gasteiger partial charge < -0.3 is 15.1 Å². The van der Waals surface area contributed by atoms with Gasteiger partial charge in [0.25, 0.3) is 0 Å². The van der Waals surface area contributed by atoms with E-state index in [2.05, 4.69) is 41.3 Å². The minimum absolute atomic E-state index is 0.188. The molecular weight excluding hydrogens is 252 g/mol. The lowest BCUT2D eigenvalue weighted by Crippen LogP contribution is -2.41. The molecule has 0 bridgehead atoms. The van der Waals surface area contributed by atoms with Crippen LogP contribution < -0.4 is 10.6 Å². The standard InChI is InChI=1S/C15H28N4O/c1-6-16-15(17-10-12(2)3)18-11-13(19(4)5)14-8-7-9-20-14/h7-9,12-13H,6,10-11H2,1-5H3,(H2,16,17,18). The van der Waals surface area contributed by atoms with Crippen LogP contribution in [0.3, 0.4) is 0 Å². The molecule has 114 valence electrons. The molecule has 1 aromatic rings. The van der Waals surface area contributed by atoms with Gasteiger partial charge >= 0.3 is 0 Å². The first-order valence-electron chi connectivity index (χ1n) is 7.26. The van der Waals surface area contributed by atoms with Crippen LogP contribution in [-0.4, -0.2) is 44.6 Å². The Morgan fingerprint density at radius 1 is 1.35 bits per heavy atom. The normalized spacial score (nSPS) is 13.8. The highest BCUT2D eigenvalue weighted by molar-refractivity contribution is 5.79. The summed E-state index contributed by atoms with van der Waals surface area (Å²) in [6.45, 7) is 8.84. The second kappa shape index (κ2) is 8.64. The van der Waals surface area contributed by atoms with E-state index in [-0.39, 0.29) is 6.04 Å². The average molecular weight is 280 g/mol. The molecule has 1 unspecified atom stereocenters. The van der Waals surface area contributed by atoms with Crippen LogP contribution in [0.5, 0.6) is 0 Å². The van der Waals surface area contributed by atoms with Gasteiger partial charge in [-0.2, -0.15) is 0 Å². The molecule has 0 radical (unpaired) electrons. The monoisotopic (exact) mass is 280 g/mol. The smallest absolute Gasteiger partial charge is 0.191 e. The topological polar surface area (TPSA) is 52.8 Å². The number of nitrogens with one attached hydrogen (secondary N) is 2. The van der Waals surface area contributed by atoms with Crippen molar-refractivity contribution >= 4 is 5.96 Å². The molecule has 0 aliphatic carbocycles. The van der Waals surface area contributed by atoms with Gasteiger partial charge in [0.2, 0.25) is 0 Å². The molecule has 1 atom stereocenters. The highest BCUT2D eigenvalue weighted by Crippen LogP contribution is 2.17. The molecule has 0 amide bonds. The first kappa shape index (κ1) is 16.6. The summed E-state index contributed by atoms with van der Waals surface area (Å²) in [5.41, 5.74) is 0. The van der Waals surface area contributed by atoms with Crippen molar-refractivity contribution in [3.05, 3.63) is 24.2 Å². The Kier molecular flexibility index (Phi) is 7.15. The van der Waals surface area contributed by atoms with Gasteiger partial charge in [-0.25, -0.2) is 0 Å². The molecular formula is C15H28N4O. The maximum absolute atomic E-state index is 5.51. The Hall–Kier alpha value is -1.49. The third kappa shape index (κ3) is 5.65. The number of hydrogen-bond donors (Lipinski definition) is 2. The molecule has 0 saturated heterocycles. The van der Waals surface area contributed by atoms with Crippen molar-refractivity contribution in [1.82, 2.24) is 15.5 Å². The zero-order chi connectivity index (χ0) is 15.0. The number of rotatable bonds is 7. The second-order valence-corrected chi connectivity index (χ2v) is 5.49. The van der Waals surface area contributed by atoms with Crippen molar-refractivity contribution in [1.29, 1.82) is 0 Å². The number of furan rings is 1. The summed E-state index contributed by atoms with van der Waals surface area (Å²) in [7, 11) is 4.10. The van der Waals surface area contributed by atoms with E-state index in [4.69, 9.17) is 4.42 Å². The lowest BCUT2D eigenvalue weighted by atomic mass is 10.2. The zero-order valence-corrected chi connectivity index (χ0v) is 13.3. The molecule has 0 aromatic carbocycles. The summed E-state index contributed by atoms with van der Waals surface area (Å²) < 4.78 is 5.51. The summed E-state index contributed by atoms with van der Waals surface area (Å²) in [6.07, 6.45) is 1.71. The van der Waals surface area contributed by atoms with Crippen LogP contribution in [0, 0.1) is 5.92 Å². The van der Waals surface area contributed by atoms with E-state index in [0.29, 0.717) is 5.92 Å². The number of guanidine groups is 1. The summed E-state index contributed by atoms with van der Waals surface area (Å²) in [4.78, 5) is 6.71. The predicted molar refractivity (Wildman–Crippen MR) is 84.0 cm³/mol. The van der Waals surface area contributed by atoms with Gasteiger partial charge in [0.15, 0.2) is 5.96 Å². The number of nitrogens with zero attached hydrogens (tertiary/aromatic N) is 2. The maximum atomic E-state index is 5.51. The third-order valence-electron chi connectivity index (χ3n) is 2.92. The van der Waals surface area contributed by atoms with Gasteiger partial charge in [0.05, 0.1) is 12.3 Å². The van der Waals surface area contributed by atoms with Crippen molar-refractivity contribution in [2.24, 2.45) is 10.9 Å². The van der Waals surface area contributed by atoms with Crippen molar-refractivity contribution in [3.8, 4) is 0 Å². The Morgan fingerprint density at radius 2 is 2.10 bits per heavy atom. The fourth-order valence-electron chi connectivity index (χ4n) is 1.83. The molecule has 2 N–H and O–H groups in total. The number of hydrogen-bond acceptors (Lipinski definition) is 3. The van der Waals surface area contributed by atoms with E-state index < -0.39 is 0 Å². The molecule has 5 nitrogen and oxygen atoms in total. The quantitative estimate of drug-likeness (QED) is 0.593. The summed E-state index contributed by atoms with van der Waals surface area (Å²) in [5, 5.41) is 6.65. The highest BCUT2D eigenvalue weighted by Gasteiger charge is 2.17. The summed E-state index contributed by atoms with van der Waals surface area (Å²) in [5.74, 6) is 2.38. The minimum Gasteiger partial charge on any atom is -0.468 e. The molecule has 1 rings (SSSR count). The highest BCUT2D eigenvalue weighted by atomic mass is 16.3. The molecule has 0 spiro atoms. The van der Waals surface area contributed by atoms with Gasteiger partial charge in [0, 0.05) is 19.6 Å². The largest absolute Gasteiger partial charge is 0.468 e. The summed E-state index contributed by atoms with van der Waals surface area (Å²) in [6, 6.07) is 4.11. The number of aliphatic imine (C=N–C) groups is 1.